The second kappa shape index (κ2) is 5.33. The van der Waals surface area contributed by atoms with Crippen LogP contribution in [0.2, 0.25) is 0 Å². The number of hydrogen-bond acceptors (Lipinski definition) is 3. The summed E-state index contributed by atoms with van der Waals surface area (Å²) in [6, 6.07) is 8.25. The van der Waals surface area contributed by atoms with Crippen LogP contribution in [0.25, 0.3) is 16.6 Å². The lowest BCUT2D eigenvalue weighted by molar-refractivity contribution is 0.428. The first-order valence-corrected chi connectivity index (χ1v) is 8.30. The molecule has 0 radical (unpaired) electrons. The van der Waals surface area contributed by atoms with Crippen molar-refractivity contribution in [1.29, 1.82) is 0 Å². The van der Waals surface area contributed by atoms with Crippen molar-refractivity contribution >= 4 is 27.9 Å². The highest BCUT2D eigenvalue weighted by atomic mass is 16.1. The van der Waals surface area contributed by atoms with Crippen LogP contribution in [-0.2, 0) is 0 Å². The van der Waals surface area contributed by atoms with Crippen molar-refractivity contribution in [3.8, 4) is 0 Å². The van der Waals surface area contributed by atoms with Crippen LogP contribution < -0.4 is 16.2 Å². The number of nitrogens with zero attached hydrogens (tertiary/aromatic N) is 2. The van der Waals surface area contributed by atoms with Gasteiger partial charge >= 0.3 is 0 Å². The molecule has 1 saturated carbocycles. The molecule has 0 amide bonds. The van der Waals surface area contributed by atoms with Gasteiger partial charge in [0.15, 0.2) is 0 Å². The first kappa shape index (κ1) is 14.2. The van der Waals surface area contributed by atoms with Gasteiger partial charge in [0.1, 0.15) is 5.52 Å². The average molecular weight is 310 g/mol. The molecule has 2 aromatic heterocycles. The van der Waals surface area contributed by atoms with Crippen molar-refractivity contribution in [2.75, 3.05) is 17.7 Å². The fourth-order valence-corrected chi connectivity index (χ4v) is 3.83. The van der Waals surface area contributed by atoms with Crippen LogP contribution in [0.3, 0.4) is 0 Å². The lowest BCUT2D eigenvalue weighted by Crippen LogP contribution is -2.33. The van der Waals surface area contributed by atoms with E-state index in [-0.39, 0.29) is 5.56 Å². The van der Waals surface area contributed by atoms with E-state index in [1.807, 2.05) is 28.8 Å². The number of nitrogen functional groups attached to an aromatic ring is 1. The second-order valence-corrected chi connectivity index (χ2v) is 6.55. The molecule has 5 nitrogen and oxygen atoms in total. The molecule has 2 heterocycles. The summed E-state index contributed by atoms with van der Waals surface area (Å²) in [4.78, 5) is 17.3. The molecule has 1 aromatic carbocycles. The van der Waals surface area contributed by atoms with Crippen LogP contribution in [0.4, 0.5) is 11.4 Å². The largest absolute Gasteiger partial charge is 0.397 e. The molecule has 0 bridgehead atoms. The third kappa shape index (κ3) is 2.27. The molecule has 0 unspecified atom stereocenters. The van der Waals surface area contributed by atoms with Crippen LogP contribution in [0.5, 0.6) is 0 Å². The van der Waals surface area contributed by atoms with E-state index in [1.165, 1.54) is 32.1 Å². The quantitative estimate of drug-likeness (QED) is 0.715. The predicted octanol–water partition coefficient (Wildman–Crippen LogP) is 3.13. The van der Waals surface area contributed by atoms with Gasteiger partial charge < -0.3 is 20.0 Å². The molecule has 120 valence electrons. The highest BCUT2D eigenvalue weighted by molar-refractivity contribution is 5.88. The van der Waals surface area contributed by atoms with Crippen molar-refractivity contribution < 1.29 is 0 Å². The summed E-state index contributed by atoms with van der Waals surface area (Å²) in [5, 5.41) is 0. The van der Waals surface area contributed by atoms with E-state index in [2.05, 4.69) is 23.0 Å². The lowest BCUT2D eigenvalue weighted by atomic mass is 9.94. The number of aromatic amines is 1. The summed E-state index contributed by atoms with van der Waals surface area (Å²) in [5.74, 6) is 0. The molecule has 5 heteroatoms. The molecule has 1 aliphatic carbocycles. The molecule has 0 spiro atoms. The van der Waals surface area contributed by atoms with E-state index in [1.54, 1.807) is 0 Å². The summed E-state index contributed by atoms with van der Waals surface area (Å²) >= 11 is 0. The van der Waals surface area contributed by atoms with Crippen molar-refractivity contribution in [3.63, 3.8) is 0 Å². The van der Waals surface area contributed by atoms with Gasteiger partial charge in [0.25, 0.3) is 5.56 Å². The van der Waals surface area contributed by atoms with Gasteiger partial charge in [-0.2, -0.15) is 0 Å². The van der Waals surface area contributed by atoms with Crippen molar-refractivity contribution in [1.82, 2.24) is 9.38 Å². The van der Waals surface area contributed by atoms with Crippen LogP contribution >= 0.6 is 0 Å². The number of nitrogens with two attached hydrogens (primary N) is 1. The number of hydrogen-bond donors (Lipinski definition) is 2. The topological polar surface area (TPSA) is 66.5 Å². The van der Waals surface area contributed by atoms with E-state index in [0.717, 1.165) is 16.7 Å². The maximum atomic E-state index is 12.1. The van der Waals surface area contributed by atoms with Crippen LogP contribution in [0.15, 0.2) is 35.3 Å². The minimum atomic E-state index is -0.0877. The Balaban J connectivity index is 1.88. The molecule has 0 aliphatic heterocycles. The number of nitrogens with one attached hydrogen (secondary N) is 1. The molecule has 1 aliphatic rings. The van der Waals surface area contributed by atoms with E-state index >= 15 is 0 Å². The monoisotopic (exact) mass is 310 g/mol. The van der Waals surface area contributed by atoms with Gasteiger partial charge in [-0.1, -0.05) is 19.3 Å². The Labute approximate surface area is 134 Å². The Kier molecular flexibility index (Phi) is 3.29. The van der Waals surface area contributed by atoms with E-state index in [9.17, 15) is 4.79 Å². The van der Waals surface area contributed by atoms with E-state index < -0.39 is 0 Å². The third-order valence-electron chi connectivity index (χ3n) is 5.14. The molecule has 3 aromatic rings. The van der Waals surface area contributed by atoms with Crippen molar-refractivity contribution in [3.05, 3.63) is 40.8 Å². The summed E-state index contributed by atoms with van der Waals surface area (Å²) in [6.07, 6.45) is 8.28. The highest BCUT2D eigenvalue weighted by Gasteiger charge is 2.20. The molecule has 1 fully saturated rings. The number of anilines is 2. The van der Waals surface area contributed by atoms with Crippen LogP contribution in [0.1, 0.15) is 32.1 Å². The third-order valence-corrected chi connectivity index (χ3v) is 5.14. The maximum Gasteiger partial charge on any atom is 0.272 e. The van der Waals surface area contributed by atoms with Crippen molar-refractivity contribution in [2.45, 2.75) is 38.1 Å². The molecular formula is C18H22N4O. The van der Waals surface area contributed by atoms with Crippen LogP contribution in [-0.4, -0.2) is 22.5 Å². The summed E-state index contributed by atoms with van der Waals surface area (Å²) in [5.41, 5.74) is 10.4. The molecular weight excluding hydrogens is 288 g/mol. The zero-order chi connectivity index (χ0) is 16.0. The predicted molar refractivity (Wildman–Crippen MR) is 95.2 cm³/mol. The Hall–Kier alpha value is -2.43. The highest BCUT2D eigenvalue weighted by Crippen LogP contribution is 2.32. The van der Waals surface area contributed by atoms with Crippen molar-refractivity contribution in [2.24, 2.45) is 0 Å². The number of benzene rings is 1. The van der Waals surface area contributed by atoms with E-state index in [4.69, 9.17) is 5.73 Å². The van der Waals surface area contributed by atoms with Gasteiger partial charge in [0, 0.05) is 19.3 Å². The first-order chi connectivity index (χ1) is 11.1. The fourth-order valence-electron chi connectivity index (χ4n) is 3.83. The summed E-state index contributed by atoms with van der Waals surface area (Å²) < 4.78 is 1.94. The minimum absolute atomic E-state index is 0.0877. The minimum Gasteiger partial charge on any atom is -0.397 e. The Bertz CT molecular complexity index is 918. The van der Waals surface area contributed by atoms with E-state index in [0.29, 0.717) is 17.2 Å². The molecule has 3 N–H and O–H groups in total. The van der Waals surface area contributed by atoms with Gasteiger partial charge in [-0.05, 0) is 37.1 Å². The smallest absolute Gasteiger partial charge is 0.272 e. The summed E-state index contributed by atoms with van der Waals surface area (Å²) in [7, 11) is 2.13. The SMILES string of the molecule is CN(c1cc2c(cc1N)[nH]c(=O)c1cccn12)C1CCCCC1. The van der Waals surface area contributed by atoms with Gasteiger partial charge in [0.05, 0.1) is 22.4 Å². The number of aromatic nitrogens is 2. The number of fused-ring (bicyclic) bond motifs is 3. The number of H-pyrrole nitrogens is 1. The van der Waals surface area contributed by atoms with Gasteiger partial charge in [-0.15, -0.1) is 0 Å². The second-order valence-electron chi connectivity index (χ2n) is 6.55. The molecule has 0 saturated heterocycles. The number of rotatable bonds is 2. The maximum absolute atomic E-state index is 12.1. The average Bonchev–Trinajstić information content (AvgIpc) is 3.05. The normalized spacial score (nSPS) is 16.2. The Morgan fingerprint density at radius 2 is 2.00 bits per heavy atom. The molecule has 4 rings (SSSR count). The summed E-state index contributed by atoms with van der Waals surface area (Å²) in [6.45, 7) is 0. The standard InChI is InChI=1S/C18H22N4O/c1-21(12-6-3-2-4-7-12)16-11-17-14(10-13(16)19)20-18(23)15-8-5-9-22(15)17/h5,8-12H,2-4,6-7,19H2,1H3,(H,20,23). The fraction of sp³-hybridized carbons (Fsp3) is 0.389. The Morgan fingerprint density at radius 1 is 1.22 bits per heavy atom. The lowest BCUT2D eigenvalue weighted by Gasteiger charge is -2.33. The molecule has 0 atom stereocenters. The van der Waals surface area contributed by atoms with Gasteiger partial charge in [-0.25, -0.2) is 0 Å². The Morgan fingerprint density at radius 3 is 2.78 bits per heavy atom. The molecule has 23 heavy (non-hydrogen) atoms. The van der Waals surface area contributed by atoms with Crippen LogP contribution in [0, 0.1) is 0 Å². The van der Waals surface area contributed by atoms with Gasteiger partial charge in [0.2, 0.25) is 0 Å². The van der Waals surface area contributed by atoms with Gasteiger partial charge in [-0.3, -0.25) is 4.79 Å². The first-order valence-electron chi connectivity index (χ1n) is 8.30. The zero-order valence-corrected chi connectivity index (χ0v) is 13.4. The zero-order valence-electron chi connectivity index (χ0n) is 13.4.